The third-order valence-electron chi connectivity index (χ3n) is 9.57. The van der Waals surface area contributed by atoms with E-state index in [-0.39, 0.29) is 0 Å². The largest absolute Gasteiger partial charge is 0.309 e. The van der Waals surface area contributed by atoms with Gasteiger partial charge in [-0.3, -0.25) is 9.98 Å². The minimum atomic E-state index is -0.897. The molecule has 3 heterocycles. The molecule has 1 aliphatic rings. The Bertz CT molecular complexity index is 2420. The molecule has 6 nitrogen and oxygen atoms in total. The summed E-state index contributed by atoms with van der Waals surface area (Å²) in [6, 6.07) is 53.1. The van der Waals surface area contributed by atoms with Crippen LogP contribution in [0.5, 0.6) is 0 Å². The summed E-state index contributed by atoms with van der Waals surface area (Å²) < 4.78 is 4.55. The number of aromatic nitrogens is 2. The van der Waals surface area contributed by atoms with Crippen LogP contribution in [-0.2, 0) is 0 Å². The highest BCUT2D eigenvalue weighted by molar-refractivity contribution is 6.18. The van der Waals surface area contributed by atoms with E-state index in [2.05, 4.69) is 167 Å². The first-order valence-corrected chi connectivity index (χ1v) is 16.3. The molecule has 2 aromatic heterocycles. The normalized spacial score (nSPS) is 16.3. The first-order chi connectivity index (χ1) is 24.2. The van der Waals surface area contributed by atoms with Gasteiger partial charge >= 0.3 is 0 Å². The molecule has 0 spiro atoms. The molecule has 8 aromatic rings. The fourth-order valence-corrected chi connectivity index (χ4v) is 7.29. The van der Waals surface area contributed by atoms with E-state index in [4.69, 9.17) is 9.98 Å². The molecule has 0 bridgehead atoms. The first-order valence-electron chi connectivity index (χ1n) is 16.3. The number of para-hydroxylation sites is 4. The molecule has 6 aromatic carbocycles. The maximum atomic E-state index is 10.0. The van der Waals surface area contributed by atoms with Gasteiger partial charge < -0.3 is 9.13 Å². The smallest absolute Gasteiger partial charge is 0.172 e. The molecule has 0 saturated carbocycles. The molecule has 0 saturated heterocycles. The molecule has 49 heavy (non-hydrogen) atoms. The summed E-state index contributed by atoms with van der Waals surface area (Å²) in [6.45, 7) is 0. The van der Waals surface area contributed by atoms with Crippen molar-refractivity contribution in [3.8, 4) is 23.5 Å². The van der Waals surface area contributed by atoms with Crippen LogP contribution in [0.15, 0.2) is 156 Å². The van der Waals surface area contributed by atoms with Crippen LogP contribution in [0.3, 0.4) is 0 Å². The summed E-state index contributed by atoms with van der Waals surface area (Å²) in [7, 11) is 0. The van der Waals surface area contributed by atoms with Crippen molar-refractivity contribution in [1.29, 1.82) is 10.5 Å². The molecule has 0 N–H and O–H groups in total. The molecule has 2 atom stereocenters. The lowest BCUT2D eigenvalue weighted by atomic mass is 9.99. The van der Waals surface area contributed by atoms with Gasteiger partial charge in [-0.1, -0.05) is 97.1 Å². The minimum Gasteiger partial charge on any atom is -0.309 e. The van der Waals surface area contributed by atoms with Crippen LogP contribution in [0.25, 0.3) is 55.0 Å². The average molecular weight is 629 g/mol. The van der Waals surface area contributed by atoms with Gasteiger partial charge in [0.1, 0.15) is 0 Å². The van der Waals surface area contributed by atoms with Gasteiger partial charge in [0, 0.05) is 50.8 Å². The molecular weight excluding hydrogens is 601 g/mol. The average Bonchev–Trinajstić information content (AvgIpc) is 3.60. The Morgan fingerprint density at radius 2 is 0.735 bits per heavy atom. The Hall–Kier alpha value is -6.76. The zero-order valence-corrected chi connectivity index (χ0v) is 26.4. The van der Waals surface area contributed by atoms with E-state index in [0.717, 1.165) is 56.0 Å². The summed E-state index contributed by atoms with van der Waals surface area (Å²) in [4.78, 5) is 9.64. The number of nitriles is 2. The van der Waals surface area contributed by atoms with Crippen molar-refractivity contribution in [3.63, 3.8) is 0 Å². The lowest BCUT2D eigenvalue weighted by Crippen LogP contribution is -2.19. The van der Waals surface area contributed by atoms with Crippen molar-refractivity contribution >= 4 is 55.0 Å². The second-order valence-electron chi connectivity index (χ2n) is 12.3. The number of fused-ring (bicyclic) bond motifs is 6. The molecule has 9 rings (SSSR count). The quantitative estimate of drug-likeness (QED) is 0.195. The summed E-state index contributed by atoms with van der Waals surface area (Å²) in [5.74, 6) is 0. The standard InChI is InChI=1S/C43H28N6/c44-26-38-39(27-45)47-37(29-19-23-31(24-20-29)49-42-15-7-3-11-34(42)35-12-4-8-16-43(35)49)25-36(46-38)28-17-21-30(22-18-28)48-40-13-5-1-9-32(40)33-10-2-6-14-41(33)48/h1-24,38-39H,25H2. The number of benzene rings is 6. The molecule has 0 radical (unpaired) electrons. The lowest BCUT2D eigenvalue weighted by Gasteiger charge is -2.12. The van der Waals surface area contributed by atoms with E-state index in [1.165, 1.54) is 21.5 Å². The predicted molar refractivity (Wildman–Crippen MR) is 198 cm³/mol. The van der Waals surface area contributed by atoms with Gasteiger partial charge in [-0.25, -0.2) is 0 Å². The van der Waals surface area contributed by atoms with Crippen LogP contribution in [-0.4, -0.2) is 32.6 Å². The third-order valence-corrected chi connectivity index (χ3v) is 9.57. The number of nitrogens with zero attached hydrogens (tertiary/aromatic N) is 6. The monoisotopic (exact) mass is 628 g/mol. The number of rotatable bonds is 4. The Morgan fingerprint density at radius 1 is 0.429 bits per heavy atom. The Kier molecular flexibility index (Phi) is 6.67. The second-order valence-corrected chi connectivity index (χ2v) is 12.3. The van der Waals surface area contributed by atoms with Crippen molar-refractivity contribution in [2.75, 3.05) is 0 Å². The molecule has 0 amide bonds. The van der Waals surface area contributed by atoms with Crippen LogP contribution in [0.1, 0.15) is 17.5 Å². The highest BCUT2D eigenvalue weighted by atomic mass is 15.0. The van der Waals surface area contributed by atoms with E-state index >= 15 is 0 Å². The maximum Gasteiger partial charge on any atom is 0.172 e. The lowest BCUT2D eigenvalue weighted by molar-refractivity contribution is 0.737. The highest BCUT2D eigenvalue weighted by Crippen LogP contribution is 2.33. The minimum absolute atomic E-state index is 0.403. The first kappa shape index (κ1) is 28.5. The summed E-state index contributed by atoms with van der Waals surface area (Å²) >= 11 is 0. The zero-order chi connectivity index (χ0) is 32.9. The summed E-state index contributed by atoms with van der Waals surface area (Å²) in [5.41, 5.74) is 9.93. The third kappa shape index (κ3) is 4.62. The Labute approximate surface area is 282 Å². The molecular formula is C43H28N6. The maximum absolute atomic E-state index is 10.0. The van der Waals surface area contributed by atoms with Crippen LogP contribution >= 0.6 is 0 Å². The van der Waals surface area contributed by atoms with Crippen LogP contribution < -0.4 is 0 Å². The number of aliphatic imine (C=N–C) groups is 2. The van der Waals surface area contributed by atoms with Gasteiger partial charge in [-0.15, -0.1) is 0 Å². The van der Waals surface area contributed by atoms with Crippen LogP contribution in [0.4, 0.5) is 0 Å². The molecule has 6 heteroatoms. The van der Waals surface area contributed by atoms with Crippen LogP contribution in [0.2, 0.25) is 0 Å². The highest BCUT2D eigenvalue weighted by Gasteiger charge is 2.26. The van der Waals surface area contributed by atoms with Crippen molar-refractivity contribution in [2.45, 2.75) is 18.5 Å². The fourth-order valence-electron chi connectivity index (χ4n) is 7.29. The fraction of sp³-hybridized carbons (Fsp3) is 0.0698. The van der Waals surface area contributed by atoms with E-state index in [1.807, 2.05) is 0 Å². The summed E-state index contributed by atoms with van der Waals surface area (Å²) in [6.07, 6.45) is 0.403. The van der Waals surface area contributed by atoms with E-state index in [1.54, 1.807) is 0 Å². The van der Waals surface area contributed by atoms with E-state index in [9.17, 15) is 10.5 Å². The topological polar surface area (TPSA) is 82.2 Å². The second kappa shape index (κ2) is 11.5. The van der Waals surface area contributed by atoms with Gasteiger partial charge in [0.05, 0.1) is 34.2 Å². The van der Waals surface area contributed by atoms with E-state index < -0.39 is 12.1 Å². The SMILES string of the molecule is N#CC1N=C(c2ccc(-n3c4ccccc4c4ccccc43)cc2)CC(c2ccc(-n3c4ccccc4c4ccccc43)cc2)=NC1C#N. The van der Waals surface area contributed by atoms with Crippen molar-refractivity contribution in [1.82, 2.24) is 9.13 Å². The van der Waals surface area contributed by atoms with Crippen LogP contribution in [0, 0.1) is 22.7 Å². The van der Waals surface area contributed by atoms with E-state index in [0.29, 0.717) is 6.42 Å². The van der Waals surface area contributed by atoms with Crippen molar-refractivity contribution in [2.24, 2.45) is 9.98 Å². The van der Waals surface area contributed by atoms with Gasteiger partial charge in [0.25, 0.3) is 0 Å². The van der Waals surface area contributed by atoms with Crippen molar-refractivity contribution in [3.05, 3.63) is 157 Å². The van der Waals surface area contributed by atoms with Gasteiger partial charge in [0.2, 0.25) is 0 Å². The Morgan fingerprint density at radius 3 is 1.04 bits per heavy atom. The molecule has 0 aliphatic carbocycles. The Balaban J connectivity index is 1.09. The molecule has 1 aliphatic heterocycles. The predicted octanol–water partition coefficient (Wildman–Crippen LogP) is 9.35. The van der Waals surface area contributed by atoms with Gasteiger partial charge in [0.15, 0.2) is 12.1 Å². The number of hydrogen-bond donors (Lipinski definition) is 0. The zero-order valence-electron chi connectivity index (χ0n) is 26.4. The molecule has 2 unspecified atom stereocenters. The van der Waals surface area contributed by atoms with Gasteiger partial charge in [-0.05, 0) is 59.7 Å². The van der Waals surface area contributed by atoms with Gasteiger partial charge in [-0.2, -0.15) is 10.5 Å². The number of hydrogen-bond acceptors (Lipinski definition) is 4. The molecule has 230 valence electrons. The molecule has 0 fully saturated rings. The van der Waals surface area contributed by atoms with Crippen molar-refractivity contribution < 1.29 is 0 Å². The summed E-state index contributed by atoms with van der Waals surface area (Å²) in [5, 5.41) is 24.9.